The minimum Gasteiger partial charge on any atom is -0.466 e. The van der Waals surface area contributed by atoms with Crippen molar-refractivity contribution in [2.45, 2.75) is 373 Å². The lowest BCUT2D eigenvalue weighted by molar-refractivity contribution is -0.143. The number of ether oxygens (including phenoxy) is 1. The molecule has 70 heavy (non-hydrogen) atoms. The van der Waals surface area contributed by atoms with E-state index in [1.54, 1.807) is 0 Å². The third-order valence-corrected chi connectivity index (χ3v) is 15.1. The van der Waals surface area contributed by atoms with Crippen LogP contribution in [0.4, 0.5) is 0 Å². The van der Waals surface area contributed by atoms with Crippen molar-refractivity contribution in [2.75, 3.05) is 13.2 Å². The summed E-state index contributed by atoms with van der Waals surface area (Å²) < 4.78 is 5.49. The number of esters is 1. The highest BCUT2D eigenvalue weighted by Crippen LogP contribution is 2.18. The van der Waals surface area contributed by atoms with E-state index in [4.69, 9.17) is 4.74 Å². The van der Waals surface area contributed by atoms with Crippen molar-refractivity contribution >= 4 is 11.9 Å². The van der Waals surface area contributed by atoms with Gasteiger partial charge in [-0.25, -0.2) is 0 Å². The number of hydrogen-bond acceptors (Lipinski definition) is 5. The van der Waals surface area contributed by atoms with Crippen molar-refractivity contribution in [1.29, 1.82) is 0 Å². The van der Waals surface area contributed by atoms with Crippen LogP contribution in [-0.2, 0) is 14.3 Å². The summed E-state index contributed by atoms with van der Waals surface area (Å²) in [5.74, 6) is -0.0617. The van der Waals surface area contributed by atoms with E-state index in [1.807, 2.05) is 0 Å². The molecule has 1 amide bonds. The van der Waals surface area contributed by atoms with Gasteiger partial charge in [-0.15, -0.1) is 0 Å². The largest absolute Gasteiger partial charge is 0.466 e. The Labute approximate surface area is 438 Å². The van der Waals surface area contributed by atoms with E-state index in [1.165, 1.54) is 270 Å². The molecule has 0 rings (SSSR count). The molecule has 0 aliphatic rings. The molecular formula is C64H125NO5. The van der Waals surface area contributed by atoms with Crippen molar-refractivity contribution in [2.24, 2.45) is 0 Å². The number of hydrogen-bond donors (Lipinski definition) is 3. The summed E-state index contributed by atoms with van der Waals surface area (Å²) in [6.45, 7) is 4.94. The summed E-state index contributed by atoms with van der Waals surface area (Å²) in [5, 5.41) is 23.4. The first kappa shape index (κ1) is 68.6. The van der Waals surface area contributed by atoms with Gasteiger partial charge in [-0.05, 0) is 51.4 Å². The highest BCUT2D eigenvalue weighted by atomic mass is 16.5. The third kappa shape index (κ3) is 55.9. The SMILES string of the molecule is CCCCCCCC/C=C\CCCCCCCCCCCC(=O)OCCCCCCCCCCCCCC(=O)NC(CO)C(O)CCCCCCCCCCCCCCCCCCCCCCCCC. The first-order valence-corrected chi connectivity index (χ1v) is 31.9. The first-order valence-electron chi connectivity index (χ1n) is 31.9. The second-order valence-corrected chi connectivity index (χ2v) is 22.1. The molecule has 0 aliphatic carbocycles. The van der Waals surface area contributed by atoms with Gasteiger partial charge in [-0.2, -0.15) is 0 Å². The normalized spacial score (nSPS) is 12.6. The molecule has 0 spiro atoms. The van der Waals surface area contributed by atoms with E-state index in [2.05, 4.69) is 31.3 Å². The monoisotopic (exact) mass is 988 g/mol. The lowest BCUT2D eigenvalue weighted by Gasteiger charge is -2.22. The number of aliphatic hydroxyl groups is 2. The quantitative estimate of drug-likeness (QED) is 0.0321. The van der Waals surface area contributed by atoms with Crippen molar-refractivity contribution in [3.63, 3.8) is 0 Å². The fraction of sp³-hybridized carbons (Fsp3) is 0.938. The fourth-order valence-corrected chi connectivity index (χ4v) is 10.2. The van der Waals surface area contributed by atoms with Gasteiger partial charge in [-0.3, -0.25) is 9.59 Å². The van der Waals surface area contributed by atoms with Crippen LogP contribution in [0.25, 0.3) is 0 Å². The smallest absolute Gasteiger partial charge is 0.305 e. The van der Waals surface area contributed by atoms with E-state index in [-0.39, 0.29) is 18.5 Å². The number of allylic oxidation sites excluding steroid dienone is 2. The van der Waals surface area contributed by atoms with Crippen molar-refractivity contribution in [3.05, 3.63) is 12.2 Å². The van der Waals surface area contributed by atoms with Crippen LogP contribution in [0.2, 0.25) is 0 Å². The van der Waals surface area contributed by atoms with Crippen LogP contribution in [0.1, 0.15) is 361 Å². The summed E-state index contributed by atoms with van der Waals surface area (Å²) in [4.78, 5) is 24.6. The maximum absolute atomic E-state index is 12.5. The van der Waals surface area contributed by atoms with Gasteiger partial charge in [0, 0.05) is 12.8 Å². The molecule has 0 aliphatic heterocycles. The number of amides is 1. The highest BCUT2D eigenvalue weighted by Gasteiger charge is 2.20. The number of carbonyl (C=O) groups excluding carboxylic acids is 2. The molecule has 0 aromatic carbocycles. The zero-order valence-corrected chi connectivity index (χ0v) is 47.5. The Morgan fingerprint density at radius 1 is 0.386 bits per heavy atom. The number of rotatable bonds is 60. The summed E-state index contributed by atoms with van der Waals surface area (Å²) in [5.41, 5.74) is 0. The maximum atomic E-state index is 12.5. The number of nitrogens with one attached hydrogen (secondary N) is 1. The van der Waals surface area contributed by atoms with Gasteiger partial charge in [0.1, 0.15) is 0 Å². The van der Waals surface area contributed by atoms with Gasteiger partial charge in [0.2, 0.25) is 5.91 Å². The van der Waals surface area contributed by atoms with E-state index >= 15 is 0 Å². The van der Waals surface area contributed by atoms with E-state index < -0.39 is 12.1 Å². The Balaban J connectivity index is 3.43. The molecule has 0 saturated heterocycles. The Kier molecular flexibility index (Phi) is 59.0. The molecule has 0 radical (unpaired) electrons. The van der Waals surface area contributed by atoms with Gasteiger partial charge in [0.25, 0.3) is 0 Å². The van der Waals surface area contributed by atoms with Crippen molar-refractivity contribution in [3.8, 4) is 0 Å². The van der Waals surface area contributed by atoms with E-state index in [9.17, 15) is 19.8 Å². The number of carbonyl (C=O) groups is 2. The van der Waals surface area contributed by atoms with Crippen LogP contribution >= 0.6 is 0 Å². The lowest BCUT2D eigenvalue weighted by atomic mass is 10.0. The van der Waals surface area contributed by atoms with E-state index in [0.717, 1.165) is 57.8 Å². The molecule has 0 aromatic rings. The van der Waals surface area contributed by atoms with Gasteiger partial charge in [-0.1, -0.05) is 309 Å². The molecule has 0 saturated carbocycles. The van der Waals surface area contributed by atoms with Crippen LogP contribution in [0.5, 0.6) is 0 Å². The van der Waals surface area contributed by atoms with Crippen molar-refractivity contribution in [1.82, 2.24) is 5.32 Å². The summed E-state index contributed by atoms with van der Waals surface area (Å²) in [6.07, 6.45) is 72.2. The Morgan fingerprint density at radius 3 is 1.01 bits per heavy atom. The minimum absolute atomic E-state index is 0.0124. The van der Waals surface area contributed by atoms with Gasteiger partial charge in [0.05, 0.1) is 25.4 Å². The topological polar surface area (TPSA) is 95.9 Å². The van der Waals surface area contributed by atoms with E-state index in [0.29, 0.717) is 25.9 Å². The summed E-state index contributed by atoms with van der Waals surface area (Å²) >= 11 is 0. The zero-order chi connectivity index (χ0) is 50.7. The van der Waals surface area contributed by atoms with Gasteiger partial charge in [0.15, 0.2) is 0 Å². The fourth-order valence-electron chi connectivity index (χ4n) is 10.2. The molecule has 3 N–H and O–H groups in total. The van der Waals surface area contributed by atoms with Crippen LogP contribution in [0, 0.1) is 0 Å². The van der Waals surface area contributed by atoms with Crippen molar-refractivity contribution < 1.29 is 24.5 Å². The molecule has 0 aromatic heterocycles. The molecule has 0 bridgehead atoms. The van der Waals surface area contributed by atoms with Crippen LogP contribution in [0.15, 0.2) is 12.2 Å². The summed E-state index contributed by atoms with van der Waals surface area (Å²) in [6, 6.07) is -0.556. The molecule has 2 unspecified atom stereocenters. The highest BCUT2D eigenvalue weighted by molar-refractivity contribution is 5.76. The van der Waals surface area contributed by atoms with Gasteiger partial charge >= 0.3 is 5.97 Å². The lowest BCUT2D eigenvalue weighted by Crippen LogP contribution is -2.45. The number of unbranched alkanes of at least 4 members (excludes halogenated alkanes) is 47. The first-order chi connectivity index (χ1) is 34.5. The Morgan fingerprint density at radius 2 is 0.671 bits per heavy atom. The Bertz CT molecular complexity index is 1050. The molecule has 2 atom stereocenters. The number of aliphatic hydroxyl groups excluding tert-OH is 2. The second kappa shape index (κ2) is 60.2. The molecule has 0 heterocycles. The Hall–Kier alpha value is -1.40. The van der Waals surface area contributed by atoms with Gasteiger partial charge < -0.3 is 20.3 Å². The summed E-state index contributed by atoms with van der Waals surface area (Å²) in [7, 11) is 0. The van der Waals surface area contributed by atoms with Crippen LogP contribution in [-0.4, -0.2) is 47.4 Å². The zero-order valence-electron chi connectivity index (χ0n) is 47.5. The third-order valence-electron chi connectivity index (χ3n) is 15.1. The average Bonchev–Trinajstić information content (AvgIpc) is 3.36. The standard InChI is InChI=1S/C64H125NO5/c1-3-5-7-9-11-13-15-17-19-21-23-24-25-26-28-29-31-33-36-40-44-48-52-56-62(67)61(60-66)65-63(68)57-53-49-45-41-37-35-39-43-47-51-55-59-70-64(69)58-54-50-46-42-38-34-32-30-27-22-20-18-16-14-12-10-8-6-4-2/h18,20,61-62,66-67H,3-17,19,21-60H2,1-2H3,(H,65,68)/b20-18-. The molecule has 0 fully saturated rings. The predicted molar refractivity (Wildman–Crippen MR) is 306 cm³/mol. The average molecular weight is 989 g/mol. The minimum atomic E-state index is -0.677. The second-order valence-electron chi connectivity index (χ2n) is 22.1. The van der Waals surface area contributed by atoms with Crippen LogP contribution < -0.4 is 5.32 Å². The molecule has 416 valence electrons. The van der Waals surface area contributed by atoms with Crippen LogP contribution in [0.3, 0.4) is 0 Å². The maximum Gasteiger partial charge on any atom is 0.305 e. The molecule has 6 nitrogen and oxygen atoms in total. The molecule has 6 heteroatoms. The molecular weight excluding hydrogens is 863 g/mol. The predicted octanol–water partition coefficient (Wildman–Crippen LogP) is 20.0.